The minimum absolute atomic E-state index is 0.0517. The van der Waals surface area contributed by atoms with E-state index in [-0.39, 0.29) is 5.78 Å². The van der Waals surface area contributed by atoms with E-state index in [0.29, 0.717) is 23.9 Å². The van der Waals surface area contributed by atoms with Gasteiger partial charge in [-0.2, -0.15) is 0 Å². The first-order valence-corrected chi connectivity index (χ1v) is 5.54. The van der Waals surface area contributed by atoms with Gasteiger partial charge in [0.15, 0.2) is 5.78 Å². The first-order chi connectivity index (χ1) is 7.63. The van der Waals surface area contributed by atoms with Crippen molar-refractivity contribution in [2.75, 3.05) is 7.11 Å². The molecule has 1 aromatic rings. The number of hydrogen-bond donors (Lipinski definition) is 0. The number of carbonyl (C=O) groups excluding carboxylic acids is 1. The van der Waals surface area contributed by atoms with Gasteiger partial charge >= 0.3 is 0 Å². The quantitative estimate of drug-likeness (QED) is 0.694. The topological polar surface area (TPSA) is 52.1 Å². The number of rotatable bonds is 6. The summed E-state index contributed by atoms with van der Waals surface area (Å²) < 4.78 is 4.88. The van der Waals surface area contributed by atoms with Gasteiger partial charge in [0.1, 0.15) is 5.69 Å². The largest absolute Gasteiger partial charge is 0.480 e. The van der Waals surface area contributed by atoms with E-state index in [1.807, 2.05) is 0 Å². The molecule has 4 heteroatoms. The van der Waals surface area contributed by atoms with Crippen LogP contribution in [0.25, 0.3) is 0 Å². The van der Waals surface area contributed by atoms with Crippen LogP contribution in [0.2, 0.25) is 0 Å². The van der Waals surface area contributed by atoms with Gasteiger partial charge in [-0.05, 0) is 18.4 Å². The second kappa shape index (κ2) is 6.20. The van der Waals surface area contributed by atoms with E-state index in [1.54, 1.807) is 12.1 Å². The fourth-order valence-electron chi connectivity index (χ4n) is 1.38. The summed E-state index contributed by atoms with van der Waals surface area (Å²) in [6, 6.07) is 3.31. The van der Waals surface area contributed by atoms with Crippen molar-refractivity contribution in [2.24, 2.45) is 5.92 Å². The molecule has 1 rings (SSSR count). The standard InChI is InChI=1S/C12H18N2O2/c1-9(2)5-4-6-11(15)10-7-8-12(16-3)14-13-10/h7-9H,4-6H2,1-3H3. The molecule has 0 N–H and O–H groups in total. The smallest absolute Gasteiger partial charge is 0.233 e. The predicted octanol–water partition coefficient (Wildman–Crippen LogP) is 2.49. The van der Waals surface area contributed by atoms with Gasteiger partial charge in [0.25, 0.3) is 0 Å². The molecule has 0 saturated carbocycles. The molecule has 4 nitrogen and oxygen atoms in total. The molecule has 0 unspecified atom stereocenters. The van der Waals surface area contributed by atoms with Gasteiger partial charge in [0.05, 0.1) is 7.11 Å². The van der Waals surface area contributed by atoms with Crippen LogP contribution in [-0.4, -0.2) is 23.1 Å². The molecule has 88 valence electrons. The Morgan fingerprint density at radius 3 is 2.62 bits per heavy atom. The van der Waals surface area contributed by atoms with Gasteiger partial charge in [-0.25, -0.2) is 0 Å². The number of ketones is 1. The summed E-state index contributed by atoms with van der Waals surface area (Å²) in [7, 11) is 1.52. The van der Waals surface area contributed by atoms with Crippen LogP contribution < -0.4 is 4.74 Å². The maximum absolute atomic E-state index is 11.7. The molecule has 0 radical (unpaired) electrons. The molecular formula is C12H18N2O2. The van der Waals surface area contributed by atoms with Crippen molar-refractivity contribution >= 4 is 5.78 Å². The molecule has 0 saturated heterocycles. The van der Waals surface area contributed by atoms with E-state index in [1.165, 1.54) is 7.11 Å². The zero-order valence-corrected chi connectivity index (χ0v) is 10.1. The Bertz CT molecular complexity index is 333. The fraction of sp³-hybridized carbons (Fsp3) is 0.583. The predicted molar refractivity (Wildman–Crippen MR) is 61.6 cm³/mol. The Morgan fingerprint density at radius 2 is 2.12 bits per heavy atom. The number of methoxy groups -OCH3 is 1. The van der Waals surface area contributed by atoms with Crippen LogP contribution in [0.3, 0.4) is 0 Å². The molecule has 1 aromatic heterocycles. The van der Waals surface area contributed by atoms with Crippen molar-refractivity contribution in [1.29, 1.82) is 0 Å². The van der Waals surface area contributed by atoms with Crippen molar-refractivity contribution in [3.05, 3.63) is 17.8 Å². The van der Waals surface area contributed by atoms with E-state index in [4.69, 9.17) is 4.74 Å². The molecule has 0 fully saturated rings. The van der Waals surface area contributed by atoms with Crippen molar-refractivity contribution in [3.63, 3.8) is 0 Å². The molecule has 16 heavy (non-hydrogen) atoms. The number of Topliss-reactive ketones (excluding diaryl/α,β-unsaturated/α-hetero) is 1. The van der Waals surface area contributed by atoms with Crippen LogP contribution in [0.1, 0.15) is 43.6 Å². The Morgan fingerprint density at radius 1 is 1.38 bits per heavy atom. The Kier molecular flexibility index (Phi) is 4.89. The molecule has 0 aliphatic heterocycles. The summed E-state index contributed by atoms with van der Waals surface area (Å²) in [5, 5.41) is 7.59. The maximum Gasteiger partial charge on any atom is 0.233 e. The first-order valence-electron chi connectivity index (χ1n) is 5.54. The number of aromatic nitrogens is 2. The summed E-state index contributed by atoms with van der Waals surface area (Å²) in [5.41, 5.74) is 0.421. The van der Waals surface area contributed by atoms with Crippen molar-refractivity contribution < 1.29 is 9.53 Å². The van der Waals surface area contributed by atoms with E-state index in [0.717, 1.165) is 12.8 Å². The van der Waals surface area contributed by atoms with Gasteiger partial charge in [0, 0.05) is 12.5 Å². The first kappa shape index (κ1) is 12.6. The lowest BCUT2D eigenvalue weighted by molar-refractivity contribution is 0.0972. The highest BCUT2D eigenvalue weighted by atomic mass is 16.5. The average Bonchev–Trinajstić information content (AvgIpc) is 2.28. The zero-order valence-electron chi connectivity index (χ0n) is 10.1. The lowest BCUT2D eigenvalue weighted by atomic mass is 10.0. The molecule has 1 heterocycles. The lowest BCUT2D eigenvalue weighted by Crippen LogP contribution is -2.04. The van der Waals surface area contributed by atoms with Crippen molar-refractivity contribution in [2.45, 2.75) is 33.1 Å². The van der Waals surface area contributed by atoms with Gasteiger partial charge < -0.3 is 4.74 Å². The van der Waals surface area contributed by atoms with Crippen molar-refractivity contribution in [3.8, 4) is 5.88 Å². The lowest BCUT2D eigenvalue weighted by Gasteiger charge is -2.03. The van der Waals surface area contributed by atoms with E-state index >= 15 is 0 Å². The molecule has 0 atom stereocenters. The molecule has 0 spiro atoms. The summed E-state index contributed by atoms with van der Waals surface area (Å²) in [6.07, 6.45) is 2.51. The molecule has 0 aliphatic carbocycles. The molecule has 0 bridgehead atoms. The summed E-state index contributed by atoms with van der Waals surface area (Å²) >= 11 is 0. The van der Waals surface area contributed by atoms with Gasteiger partial charge in [-0.1, -0.05) is 20.3 Å². The van der Waals surface area contributed by atoms with Gasteiger partial charge in [0.2, 0.25) is 5.88 Å². The SMILES string of the molecule is COc1ccc(C(=O)CCCC(C)C)nn1. The molecule has 0 amide bonds. The minimum Gasteiger partial charge on any atom is -0.480 e. The van der Waals surface area contributed by atoms with E-state index < -0.39 is 0 Å². The number of hydrogen-bond acceptors (Lipinski definition) is 4. The summed E-state index contributed by atoms with van der Waals surface area (Å²) in [6.45, 7) is 4.30. The number of carbonyl (C=O) groups is 1. The van der Waals surface area contributed by atoms with Crippen LogP contribution in [0.5, 0.6) is 5.88 Å². The third-order valence-corrected chi connectivity index (χ3v) is 2.32. The highest BCUT2D eigenvalue weighted by Gasteiger charge is 2.08. The Labute approximate surface area is 96.0 Å². The van der Waals surface area contributed by atoms with Crippen LogP contribution >= 0.6 is 0 Å². The number of nitrogens with zero attached hydrogens (tertiary/aromatic N) is 2. The normalized spacial score (nSPS) is 10.5. The summed E-state index contributed by atoms with van der Waals surface area (Å²) in [4.78, 5) is 11.7. The molecule has 0 aromatic carbocycles. The second-order valence-electron chi connectivity index (χ2n) is 4.17. The van der Waals surface area contributed by atoms with Crippen LogP contribution in [0.15, 0.2) is 12.1 Å². The van der Waals surface area contributed by atoms with E-state index in [9.17, 15) is 4.79 Å². The minimum atomic E-state index is 0.0517. The van der Waals surface area contributed by atoms with Gasteiger partial charge in [-0.15, -0.1) is 10.2 Å². The monoisotopic (exact) mass is 222 g/mol. The highest BCUT2D eigenvalue weighted by molar-refractivity contribution is 5.93. The Hall–Kier alpha value is -1.45. The van der Waals surface area contributed by atoms with Crippen LogP contribution in [0.4, 0.5) is 0 Å². The summed E-state index contributed by atoms with van der Waals surface area (Å²) in [5.74, 6) is 1.12. The third-order valence-electron chi connectivity index (χ3n) is 2.32. The fourth-order valence-corrected chi connectivity index (χ4v) is 1.38. The van der Waals surface area contributed by atoms with Gasteiger partial charge in [-0.3, -0.25) is 4.79 Å². The maximum atomic E-state index is 11.7. The second-order valence-corrected chi connectivity index (χ2v) is 4.17. The highest BCUT2D eigenvalue weighted by Crippen LogP contribution is 2.10. The van der Waals surface area contributed by atoms with Crippen LogP contribution in [0, 0.1) is 5.92 Å². The van der Waals surface area contributed by atoms with Crippen molar-refractivity contribution in [1.82, 2.24) is 10.2 Å². The number of ether oxygens (including phenoxy) is 1. The molecule has 0 aliphatic rings. The average molecular weight is 222 g/mol. The Balaban J connectivity index is 2.46. The third kappa shape index (κ3) is 3.96. The zero-order chi connectivity index (χ0) is 12.0. The van der Waals surface area contributed by atoms with E-state index in [2.05, 4.69) is 24.0 Å². The molecular weight excluding hydrogens is 204 g/mol. The van der Waals surface area contributed by atoms with Crippen LogP contribution in [-0.2, 0) is 0 Å².